The summed E-state index contributed by atoms with van der Waals surface area (Å²) in [6, 6.07) is 0.588. The molecule has 0 aromatic carbocycles. The van der Waals surface area contributed by atoms with Gasteiger partial charge in [0.05, 0.1) is 6.10 Å². The first-order chi connectivity index (χ1) is 10.6. The summed E-state index contributed by atoms with van der Waals surface area (Å²) in [7, 11) is 1.87. The predicted octanol–water partition coefficient (Wildman–Crippen LogP) is 3.56. The smallest absolute Gasteiger partial charge is 0.108 e. The third-order valence-electron chi connectivity index (χ3n) is 6.87. The second kappa shape index (κ2) is 7.19. The van der Waals surface area contributed by atoms with E-state index in [9.17, 15) is 5.11 Å². The highest BCUT2D eigenvalue weighted by Crippen LogP contribution is 2.44. The van der Waals surface area contributed by atoms with Crippen molar-refractivity contribution in [3.05, 3.63) is 0 Å². The maximum absolute atomic E-state index is 10.5. The number of nitrogens with one attached hydrogen (secondary N) is 1. The third-order valence-corrected chi connectivity index (χ3v) is 6.87. The van der Waals surface area contributed by atoms with E-state index in [1.54, 1.807) is 0 Å². The van der Waals surface area contributed by atoms with Crippen molar-refractivity contribution in [2.24, 2.45) is 29.6 Å². The summed E-state index contributed by atoms with van der Waals surface area (Å²) in [5, 5.41) is 14.0. The summed E-state index contributed by atoms with van der Waals surface area (Å²) in [6.07, 6.45) is 10.5. The van der Waals surface area contributed by atoms with Gasteiger partial charge in [0.15, 0.2) is 0 Å². The minimum atomic E-state index is -0.259. The van der Waals surface area contributed by atoms with E-state index in [-0.39, 0.29) is 6.23 Å². The topological polar surface area (TPSA) is 41.5 Å². The van der Waals surface area contributed by atoms with Gasteiger partial charge in [0.2, 0.25) is 0 Å². The van der Waals surface area contributed by atoms with Crippen LogP contribution in [-0.4, -0.2) is 30.6 Å². The van der Waals surface area contributed by atoms with Crippen molar-refractivity contribution in [2.45, 2.75) is 83.6 Å². The van der Waals surface area contributed by atoms with Crippen molar-refractivity contribution in [2.75, 3.05) is 7.11 Å². The quantitative estimate of drug-likeness (QED) is 0.834. The van der Waals surface area contributed by atoms with Crippen LogP contribution in [0.1, 0.15) is 65.2 Å². The number of rotatable bonds is 4. The highest BCUT2D eigenvalue weighted by atomic mass is 16.5. The lowest BCUT2D eigenvalue weighted by Crippen LogP contribution is -2.36. The molecule has 22 heavy (non-hydrogen) atoms. The summed E-state index contributed by atoms with van der Waals surface area (Å²) in [6.45, 7) is 4.67. The lowest BCUT2D eigenvalue weighted by atomic mass is 9.69. The Labute approximate surface area is 136 Å². The zero-order chi connectivity index (χ0) is 15.7. The molecule has 2 aliphatic carbocycles. The number of methoxy groups -OCH3 is 1. The van der Waals surface area contributed by atoms with Crippen molar-refractivity contribution >= 4 is 0 Å². The van der Waals surface area contributed by atoms with Crippen molar-refractivity contribution < 1.29 is 9.84 Å². The molecule has 5 unspecified atom stereocenters. The first-order valence-corrected chi connectivity index (χ1v) is 9.57. The van der Waals surface area contributed by atoms with Gasteiger partial charge >= 0.3 is 0 Å². The van der Waals surface area contributed by atoms with Crippen LogP contribution in [0.3, 0.4) is 0 Å². The van der Waals surface area contributed by atoms with Crippen LogP contribution < -0.4 is 5.32 Å². The van der Waals surface area contributed by atoms with Gasteiger partial charge in [-0.25, -0.2) is 0 Å². The monoisotopic (exact) mass is 309 g/mol. The average molecular weight is 309 g/mol. The van der Waals surface area contributed by atoms with Crippen LogP contribution >= 0.6 is 0 Å². The van der Waals surface area contributed by atoms with Crippen molar-refractivity contribution in [3.63, 3.8) is 0 Å². The lowest BCUT2D eigenvalue weighted by molar-refractivity contribution is -0.0193. The van der Waals surface area contributed by atoms with Gasteiger partial charge in [-0.05, 0) is 62.2 Å². The fraction of sp³-hybridized carbons (Fsp3) is 1.00. The molecule has 3 heteroatoms. The molecule has 0 aromatic rings. The molecule has 3 rings (SSSR count). The Kier molecular flexibility index (Phi) is 5.47. The van der Waals surface area contributed by atoms with E-state index in [1.807, 2.05) is 7.11 Å². The molecule has 1 heterocycles. The molecule has 3 fully saturated rings. The van der Waals surface area contributed by atoms with E-state index >= 15 is 0 Å². The molecular formula is C19H35NO2. The number of hydrogen-bond acceptors (Lipinski definition) is 3. The Balaban J connectivity index is 1.60. The fourth-order valence-corrected chi connectivity index (χ4v) is 5.62. The van der Waals surface area contributed by atoms with Gasteiger partial charge in [0.25, 0.3) is 0 Å². The molecule has 2 saturated carbocycles. The molecule has 1 saturated heterocycles. The normalized spacial score (nSPS) is 46.0. The second-order valence-electron chi connectivity index (χ2n) is 8.43. The Morgan fingerprint density at radius 2 is 1.91 bits per heavy atom. The average Bonchev–Trinajstić information content (AvgIpc) is 2.83. The van der Waals surface area contributed by atoms with Crippen LogP contribution in [0.5, 0.6) is 0 Å². The summed E-state index contributed by atoms with van der Waals surface area (Å²) < 4.78 is 5.73. The Morgan fingerprint density at radius 1 is 1.14 bits per heavy atom. The molecule has 7 atom stereocenters. The summed E-state index contributed by atoms with van der Waals surface area (Å²) in [5.74, 6) is 3.38. The molecule has 128 valence electrons. The van der Waals surface area contributed by atoms with Gasteiger partial charge in [0, 0.05) is 19.1 Å². The van der Waals surface area contributed by atoms with Gasteiger partial charge in [-0.3, -0.25) is 5.32 Å². The number of ether oxygens (including phenoxy) is 1. The number of aliphatic hydroxyl groups excluding tert-OH is 1. The first kappa shape index (κ1) is 16.7. The van der Waals surface area contributed by atoms with E-state index in [0.717, 1.165) is 11.8 Å². The zero-order valence-corrected chi connectivity index (χ0v) is 14.6. The molecule has 0 bridgehead atoms. The van der Waals surface area contributed by atoms with E-state index in [0.29, 0.717) is 29.9 Å². The Morgan fingerprint density at radius 3 is 2.64 bits per heavy atom. The highest BCUT2D eigenvalue weighted by molar-refractivity contribution is 4.96. The van der Waals surface area contributed by atoms with Gasteiger partial charge in [0.1, 0.15) is 6.23 Å². The van der Waals surface area contributed by atoms with E-state index < -0.39 is 0 Å². The van der Waals surface area contributed by atoms with Crippen LogP contribution in [0, 0.1) is 29.6 Å². The maximum atomic E-state index is 10.5. The largest absolute Gasteiger partial charge is 0.381 e. The van der Waals surface area contributed by atoms with Crippen LogP contribution in [0.15, 0.2) is 0 Å². The number of hydrogen-bond donors (Lipinski definition) is 2. The number of fused-ring (bicyclic) bond motifs is 1. The molecule has 2 N–H and O–H groups in total. The van der Waals surface area contributed by atoms with Gasteiger partial charge < -0.3 is 9.84 Å². The Hall–Kier alpha value is -0.120. The molecule has 1 aliphatic heterocycles. The first-order valence-electron chi connectivity index (χ1n) is 9.57. The van der Waals surface area contributed by atoms with Gasteiger partial charge in [-0.15, -0.1) is 0 Å². The SMILES string of the molecule is CO[C@H]1CCC(CC2C(O)N[C@H]3CCCCC23)CC1C(C)C. The van der Waals surface area contributed by atoms with Crippen LogP contribution in [0.25, 0.3) is 0 Å². The van der Waals surface area contributed by atoms with Crippen LogP contribution in [-0.2, 0) is 4.74 Å². The molecule has 3 aliphatic rings. The van der Waals surface area contributed by atoms with Crippen molar-refractivity contribution in [1.29, 1.82) is 0 Å². The molecule has 0 aromatic heterocycles. The van der Waals surface area contributed by atoms with Gasteiger partial charge in [-0.2, -0.15) is 0 Å². The third kappa shape index (κ3) is 3.37. The van der Waals surface area contributed by atoms with E-state index in [2.05, 4.69) is 19.2 Å². The van der Waals surface area contributed by atoms with Gasteiger partial charge in [-0.1, -0.05) is 26.7 Å². The van der Waals surface area contributed by atoms with E-state index in [4.69, 9.17) is 4.74 Å². The number of aliphatic hydroxyl groups is 1. The minimum absolute atomic E-state index is 0.259. The van der Waals surface area contributed by atoms with Crippen molar-refractivity contribution in [3.8, 4) is 0 Å². The molecule has 0 spiro atoms. The minimum Gasteiger partial charge on any atom is -0.381 e. The molecule has 3 nitrogen and oxygen atoms in total. The Bertz CT molecular complexity index is 359. The molecule has 0 radical (unpaired) electrons. The molecule has 0 amide bonds. The fourth-order valence-electron chi connectivity index (χ4n) is 5.62. The van der Waals surface area contributed by atoms with Crippen LogP contribution in [0.2, 0.25) is 0 Å². The standard InChI is InChI=1S/C19H35NO2/c1-12(2)15-10-13(8-9-18(15)22-3)11-16-14-6-4-5-7-17(14)20-19(16)21/h12-21H,4-11H2,1-3H3/t13?,14?,15?,16?,17-,18-,19?/m0/s1. The maximum Gasteiger partial charge on any atom is 0.108 e. The van der Waals surface area contributed by atoms with Crippen LogP contribution in [0.4, 0.5) is 0 Å². The zero-order valence-electron chi connectivity index (χ0n) is 14.6. The lowest BCUT2D eigenvalue weighted by Gasteiger charge is -2.39. The molecular weight excluding hydrogens is 274 g/mol. The second-order valence-corrected chi connectivity index (χ2v) is 8.43. The highest BCUT2D eigenvalue weighted by Gasteiger charge is 2.44. The summed E-state index contributed by atoms with van der Waals surface area (Å²) in [5.41, 5.74) is 0. The summed E-state index contributed by atoms with van der Waals surface area (Å²) >= 11 is 0. The van der Waals surface area contributed by atoms with E-state index in [1.165, 1.54) is 51.4 Å². The predicted molar refractivity (Wildman–Crippen MR) is 89.5 cm³/mol. The summed E-state index contributed by atoms with van der Waals surface area (Å²) in [4.78, 5) is 0. The van der Waals surface area contributed by atoms with Crippen molar-refractivity contribution in [1.82, 2.24) is 5.32 Å².